The van der Waals surface area contributed by atoms with E-state index in [4.69, 9.17) is 9.47 Å². The number of quaternary nitrogens is 1. The van der Waals surface area contributed by atoms with E-state index in [9.17, 15) is 5.26 Å². The van der Waals surface area contributed by atoms with Crippen molar-refractivity contribution in [2.45, 2.75) is 49.6 Å². The fraction of sp³-hybridized carbons (Fsp3) is 0.536. The van der Waals surface area contributed by atoms with E-state index in [0.717, 1.165) is 35.2 Å². The van der Waals surface area contributed by atoms with Crippen LogP contribution in [0.15, 0.2) is 60.7 Å². The van der Waals surface area contributed by atoms with Crippen LogP contribution in [0.4, 0.5) is 0 Å². The summed E-state index contributed by atoms with van der Waals surface area (Å²) in [5.74, 6) is 0.563. The van der Waals surface area contributed by atoms with E-state index in [1.807, 2.05) is 12.1 Å². The van der Waals surface area contributed by atoms with Crippen molar-refractivity contribution in [1.82, 2.24) is 0 Å². The maximum atomic E-state index is 10.6. The molecule has 2 unspecified atom stereocenters. The zero-order valence-corrected chi connectivity index (χ0v) is 19.6. The van der Waals surface area contributed by atoms with Gasteiger partial charge in [-0.3, -0.25) is 0 Å². The summed E-state index contributed by atoms with van der Waals surface area (Å²) in [5.41, 5.74) is 1.65. The lowest BCUT2D eigenvalue weighted by molar-refractivity contribution is -0.949. The number of rotatable bonds is 10. The molecule has 0 radical (unpaired) electrons. The smallest absolute Gasteiger partial charge is 0.107 e. The lowest BCUT2D eigenvalue weighted by Gasteiger charge is -2.48. The van der Waals surface area contributed by atoms with Crippen molar-refractivity contribution >= 4 is 0 Å². The predicted octanol–water partition coefficient (Wildman–Crippen LogP) is 4.94. The summed E-state index contributed by atoms with van der Waals surface area (Å²) < 4.78 is 12.1. The highest BCUT2D eigenvalue weighted by Gasteiger charge is 2.52. The summed E-state index contributed by atoms with van der Waals surface area (Å²) in [6.45, 7) is 3.21. The van der Waals surface area contributed by atoms with Crippen molar-refractivity contribution in [2.24, 2.45) is 5.92 Å². The Morgan fingerprint density at radius 1 is 0.906 bits per heavy atom. The number of nitriles is 1. The predicted molar refractivity (Wildman–Crippen MR) is 127 cm³/mol. The Morgan fingerprint density at radius 2 is 1.47 bits per heavy atom. The molecule has 2 aromatic rings. The topological polar surface area (TPSA) is 42.2 Å². The molecule has 2 saturated heterocycles. The Morgan fingerprint density at radius 3 is 1.97 bits per heavy atom. The molecule has 2 bridgehead atoms. The second kappa shape index (κ2) is 10.2. The zero-order chi connectivity index (χ0) is 22.4. The average molecular weight is 434 g/mol. The highest BCUT2D eigenvalue weighted by Crippen LogP contribution is 2.48. The Hall–Kier alpha value is -2.19. The number of hydrogen-bond donors (Lipinski definition) is 0. The van der Waals surface area contributed by atoms with Crippen LogP contribution in [0.1, 0.15) is 43.2 Å². The normalized spacial score (nSPS) is 27.2. The number of fused-ring (bicyclic) bond motifs is 2. The van der Waals surface area contributed by atoms with Gasteiger partial charge in [0.15, 0.2) is 0 Å². The molecular formula is C28H37N2O2+. The van der Waals surface area contributed by atoms with E-state index >= 15 is 0 Å². The molecule has 0 aromatic heterocycles. The molecule has 32 heavy (non-hydrogen) atoms. The zero-order valence-electron chi connectivity index (χ0n) is 19.6. The van der Waals surface area contributed by atoms with Gasteiger partial charge in [0, 0.05) is 32.8 Å². The maximum Gasteiger partial charge on any atom is 0.107 e. The molecule has 4 rings (SSSR count). The molecule has 4 nitrogen and oxygen atoms in total. The first-order valence-corrected chi connectivity index (χ1v) is 12.1. The van der Waals surface area contributed by atoms with Crippen LogP contribution >= 0.6 is 0 Å². The average Bonchev–Trinajstić information content (AvgIpc) is 3.00. The molecular weight excluding hydrogens is 396 g/mol. The van der Waals surface area contributed by atoms with Crippen molar-refractivity contribution in [2.75, 3.05) is 40.5 Å². The summed E-state index contributed by atoms with van der Waals surface area (Å²) in [6.07, 6.45) is 5.90. The molecule has 2 heterocycles. The Balaban J connectivity index is 1.51. The first-order chi connectivity index (χ1) is 15.6. The SMILES string of the molecule is COCCOCC[N+]1(C)[C@@H]2CC[C@H]1CC(CC(C#N)(c1ccccc1)c1ccccc1)C2. The van der Waals surface area contributed by atoms with Gasteiger partial charge in [0.05, 0.1) is 45.0 Å². The number of hydrogen-bond acceptors (Lipinski definition) is 3. The minimum absolute atomic E-state index is 0.563. The molecule has 0 spiro atoms. The van der Waals surface area contributed by atoms with Gasteiger partial charge in [-0.15, -0.1) is 0 Å². The van der Waals surface area contributed by atoms with Crippen LogP contribution in [-0.2, 0) is 14.9 Å². The van der Waals surface area contributed by atoms with Gasteiger partial charge in [0.2, 0.25) is 0 Å². The lowest BCUT2D eigenvalue weighted by atomic mass is 9.67. The molecule has 0 N–H and O–H groups in total. The molecule has 2 aliphatic heterocycles. The highest BCUT2D eigenvalue weighted by molar-refractivity contribution is 5.45. The Labute approximate surface area is 193 Å². The van der Waals surface area contributed by atoms with Gasteiger partial charge in [-0.05, 0) is 23.5 Å². The Bertz CT molecular complexity index is 839. The van der Waals surface area contributed by atoms with Gasteiger partial charge in [0.25, 0.3) is 0 Å². The van der Waals surface area contributed by atoms with Crippen LogP contribution in [-0.4, -0.2) is 57.1 Å². The van der Waals surface area contributed by atoms with Gasteiger partial charge in [0.1, 0.15) is 12.0 Å². The molecule has 4 atom stereocenters. The minimum Gasteiger partial charge on any atom is -0.382 e. The molecule has 2 aliphatic rings. The molecule has 2 fully saturated rings. The Kier molecular flexibility index (Phi) is 7.30. The van der Waals surface area contributed by atoms with E-state index in [1.54, 1.807) is 7.11 Å². The first kappa shape index (κ1) is 23.0. The quantitative estimate of drug-likeness (QED) is 0.394. The van der Waals surface area contributed by atoms with Crippen molar-refractivity contribution in [3.05, 3.63) is 71.8 Å². The first-order valence-electron chi connectivity index (χ1n) is 12.1. The van der Waals surface area contributed by atoms with E-state index in [1.165, 1.54) is 25.7 Å². The monoisotopic (exact) mass is 433 g/mol. The van der Waals surface area contributed by atoms with Crippen LogP contribution in [0.5, 0.6) is 0 Å². The molecule has 4 heteroatoms. The van der Waals surface area contributed by atoms with Gasteiger partial charge in [-0.1, -0.05) is 60.7 Å². The summed E-state index contributed by atoms with van der Waals surface area (Å²) in [5, 5.41) is 10.6. The van der Waals surface area contributed by atoms with Crippen LogP contribution < -0.4 is 0 Å². The standard InChI is InChI=1S/C28H37N2O2/c1-30(15-16-32-18-17-31-2)26-13-14-27(30)20-23(19-26)21-28(22-29,24-9-5-3-6-10-24)25-11-7-4-8-12-25/h3-12,23,26-27H,13-21H2,1-2H3/q+1/t23?,26-,27+,30?. The fourth-order valence-corrected chi connectivity index (χ4v) is 6.35. The number of ether oxygens (including phenoxy) is 2. The number of piperidine rings is 1. The van der Waals surface area contributed by atoms with Crippen molar-refractivity contribution in [3.8, 4) is 6.07 Å². The van der Waals surface area contributed by atoms with E-state index in [-0.39, 0.29) is 0 Å². The number of likely N-dealkylation sites (N-methyl/N-ethyl adjacent to an activating group) is 1. The summed E-state index contributed by atoms with van der Waals surface area (Å²) in [7, 11) is 4.15. The largest absolute Gasteiger partial charge is 0.382 e. The van der Waals surface area contributed by atoms with Crippen LogP contribution in [0, 0.1) is 17.2 Å². The maximum absolute atomic E-state index is 10.6. The second-order valence-corrected chi connectivity index (χ2v) is 9.85. The van der Waals surface area contributed by atoms with Crippen LogP contribution in [0.2, 0.25) is 0 Å². The van der Waals surface area contributed by atoms with Gasteiger partial charge in [-0.25, -0.2) is 0 Å². The lowest BCUT2D eigenvalue weighted by Crippen LogP contribution is -2.59. The summed E-state index contributed by atoms with van der Waals surface area (Å²) in [4.78, 5) is 0. The molecule has 0 saturated carbocycles. The summed E-state index contributed by atoms with van der Waals surface area (Å²) >= 11 is 0. The van der Waals surface area contributed by atoms with Crippen molar-refractivity contribution in [3.63, 3.8) is 0 Å². The summed E-state index contributed by atoms with van der Waals surface area (Å²) in [6, 6.07) is 25.0. The van der Waals surface area contributed by atoms with Crippen molar-refractivity contribution < 1.29 is 14.0 Å². The van der Waals surface area contributed by atoms with E-state index in [2.05, 4.69) is 61.6 Å². The fourth-order valence-electron chi connectivity index (χ4n) is 6.35. The van der Waals surface area contributed by atoms with Gasteiger partial charge < -0.3 is 14.0 Å². The molecule has 2 aromatic carbocycles. The van der Waals surface area contributed by atoms with E-state index in [0.29, 0.717) is 31.2 Å². The van der Waals surface area contributed by atoms with Crippen LogP contribution in [0.25, 0.3) is 0 Å². The van der Waals surface area contributed by atoms with Gasteiger partial charge in [-0.2, -0.15) is 5.26 Å². The number of methoxy groups -OCH3 is 1. The second-order valence-electron chi connectivity index (χ2n) is 9.85. The molecule has 0 aliphatic carbocycles. The number of benzene rings is 2. The third-order valence-corrected chi connectivity index (χ3v) is 8.18. The highest BCUT2D eigenvalue weighted by atomic mass is 16.5. The van der Waals surface area contributed by atoms with Crippen molar-refractivity contribution in [1.29, 1.82) is 5.26 Å². The van der Waals surface area contributed by atoms with Gasteiger partial charge >= 0.3 is 0 Å². The van der Waals surface area contributed by atoms with E-state index < -0.39 is 5.41 Å². The molecule has 170 valence electrons. The molecule has 0 amide bonds. The third-order valence-electron chi connectivity index (χ3n) is 8.18. The van der Waals surface area contributed by atoms with Crippen LogP contribution in [0.3, 0.4) is 0 Å². The third kappa shape index (κ3) is 4.48. The minimum atomic E-state index is -0.587. The number of nitrogens with zero attached hydrogens (tertiary/aromatic N) is 2.